The summed E-state index contributed by atoms with van der Waals surface area (Å²) in [6.07, 6.45) is 0.474. The molecule has 0 saturated heterocycles. The Morgan fingerprint density at radius 1 is 0.431 bits per heavy atom. The van der Waals surface area contributed by atoms with E-state index in [1.807, 2.05) is 30.3 Å². The standard InChI is InChI=1S/C35H61NO15/c37-34(7-8-35(38)39)36-9-4-10-40-11-12-41-13-14-42-15-16-43-17-18-44-19-20-45-21-22-46-23-24-47-25-26-48-27-28-49-29-30-50-31-32-51-33-5-2-1-3-6-33/h1-3,5-6H,4,7-32H2,(H,36,37)(H,38,39). The van der Waals surface area contributed by atoms with E-state index in [-0.39, 0.29) is 18.7 Å². The van der Waals surface area contributed by atoms with Gasteiger partial charge in [-0.15, -0.1) is 0 Å². The number of nitrogens with one attached hydrogen (secondary N) is 1. The minimum absolute atomic E-state index is 0.0113. The van der Waals surface area contributed by atoms with E-state index in [1.54, 1.807) is 0 Å². The SMILES string of the molecule is O=C(O)CCC(=O)NCCCOCCOCCOCCOCCOCCOCCOCCOCCOCCOCCOCCOc1ccccc1. The lowest BCUT2D eigenvalue weighted by Crippen LogP contribution is -2.25. The highest BCUT2D eigenvalue weighted by molar-refractivity contribution is 5.80. The van der Waals surface area contributed by atoms with Crippen LogP contribution in [0.25, 0.3) is 0 Å². The molecule has 0 bridgehead atoms. The van der Waals surface area contributed by atoms with Crippen molar-refractivity contribution in [1.29, 1.82) is 0 Å². The van der Waals surface area contributed by atoms with Crippen LogP contribution in [0.2, 0.25) is 0 Å². The molecule has 2 N–H and O–H groups in total. The molecule has 16 nitrogen and oxygen atoms in total. The fourth-order valence-corrected chi connectivity index (χ4v) is 3.75. The molecule has 1 aromatic rings. The van der Waals surface area contributed by atoms with Crippen molar-refractivity contribution < 1.29 is 71.5 Å². The zero-order valence-electron chi connectivity index (χ0n) is 30.1. The number of amides is 1. The summed E-state index contributed by atoms with van der Waals surface area (Å²) in [7, 11) is 0. The van der Waals surface area contributed by atoms with Gasteiger partial charge in [-0.25, -0.2) is 0 Å². The molecular formula is C35H61NO15. The summed E-state index contributed by atoms with van der Waals surface area (Å²) in [4.78, 5) is 21.8. The summed E-state index contributed by atoms with van der Waals surface area (Å²) in [5, 5.41) is 11.2. The first-order chi connectivity index (χ1) is 25.2. The van der Waals surface area contributed by atoms with Crippen LogP contribution < -0.4 is 10.1 Å². The molecule has 0 aliphatic rings. The quantitative estimate of drug-likeness (QED) is 0.0927. The summed E-state index contributed by atoms with van der Waals surface area (Å²) >= 11 is 0. The highest BCUT2D eigenvalue weighted by atomic mass is 16.6. The molecular weight excluding hydrogens is 674 g/mol. The second-order valence-corrected chi connectivity index (χ2v) is 10.5. The number of aliphatic carboxylic acids is 1. The van der Waals surface area contributed by atoms with E-state index in [0.717, 1.165) is 5.75 Å². The Morgan fingerprint density at radius 2 is 0.745 bits per heavy atom. The average molecular weight is 736 g/mol. The van der Waals surface area contributed by atoms with Crippen LogP contribution in [0.15, 0.2) is 30.3 Å². The molecule has 0 atom stereocenters. The molecule has 0 saturated carbocycles. The van der Waals surface area contributed by atoms with E-state index < -0.39 is 5.97 Å². The van der Waals surface area contributed by atoms with E-state index in [9.17, 15) is 9.59 Å². The number of benzene rings is 1. The van der Waals surface area contributed by atoms with E-state index in [1.165, 1.54) is 0 Å². The minimum Gasteiger partial charge on any atom is -0.491 e. The van der Waals surface area contributed by atoms with Gasteiger partial charge < -0.3 is 67.3 Å². The minimum atomic E-state index is -0.983. The first kappa shape index (κ1) is 46.5. The molecule has 0 aromatic heterocycles. The first-order valence-electron chi connectivity index (χ1n) is 17.7. The van der Waals surface area contributed by atoms with Crippen LogP contribution >= 0.6 is 0 Å². The largest absolute Gasteiger partial charge is 0.491 e. The van der Waals surface area contributed by atoms with Crippen molar-refractivity contribution in [3.63, 3.8) is 0 Å². The molecule has 0 spiro atoms. The van der Waals surface area contributed by atoms with Crippen LogP contribution in [0.4, 0.5) is 0 Å². The van der Waals surface area contributed by atoms with Crippen molar-refractivity contribution in [3.8, 4) is 5.75 Å². The Bertz CT molecular complexity index is 884. The predicted molar refractivity (Wildman–Crippen MR) is 185 cm³/mol. The van der Waals surface area contributed by atoms with Crippen LogP contribution in [-0.4, -0.2) is 175 Å². The maximum atomic E-state index is 11.4. The summed E-state index contributed by atoms with van der Waals surface area (Å²) in [6, 6.07) is 9.64. The number of carboxylic acids is 1. The Hall–Kier alpha value is -2.48. The number of carboxylic acid groups (broad SMARTS) is 1. The topological polar surface area (TPSA) is 177 Å². The maximum Gasteiger partial charge on any atom is 0.303 e. The smallest absolute Gasteiger partial charge is 0.303 e. The number of rotatable bonds is 41. The molecule has 0 radical (unpaired) electrons. The fourth-order valence-electron chi connectivity index (χ4n) is 3.75. The summed E-state index contributed by atoms with van der Waals surface area (Å²) in [5.41, 5.74) is 0. The third kappa shape index (κ3) is 37.1. The van der Waals surface area contributed by atoms with Crippen molar-refractivity contribution in [1.82, 2.24) is 5.32 Å². The van der Waals surface area contributed by atoms with E-state index in [0.29, 0.717) is 165 Å². The molecule has 16 heteroatoms. The number of carbonyl (C=O) groups excluding carboxylic acids is 1. The summed E-state index contributed by atoms with van der Waals surface area (Å²) < 4.78 is 65.6. The van der Waals surface area contributed by atoms with Gasteiger partial charge in [-0.3, -0.25) is 9.59 Å². The van der Waals surface area contributed by atoms with E-state index in [4.69, 9.17) is 61.9 Å². The van der Waals surface area contributed by atoms with Crippen LogP contribution in [0.5, 0.6) is 5.75 Å². The van der Waals surface area contributed by atoms with Gasteiger partial charge in [-0.05, 0) is 18.6 Å². The zero-order chi connectivity index (χ0) is 36.6. The average Bonchev–Trinajstić information content (AvgIpc) is 3.14. The second kappa shape index (κ2) is 38.7. The number of hydrogen-bond donors (Lipinski definition) is 2. The Morgan fingerprint density at radius 3 is 1.08 bits per heavy atom. The maximum absolute atomic E-state index is 11.4. The molecule has 0 aliphatic heterocycles. The van der Waals surface area contributed by atoms with Gasteiger partial charge in [-0.1, -0.05) is 18.2 Å². The third-order valence-corrected chi connectivity index (χ3v) is 6.31. The van der Waals surface area contributed by atoms with Gasteiger partial charge in [0.2, 0.25) is 5.91 Å². The number of ether oxygens (including phenoxy) is 12. The van der Waals surface area contributed by atoms with Crippen molar-refractivity contribution in [2.45, 2.75) is 19.3 Å². The molecule has 296 valence electrons. The fraction of sp³-hybridized carbons (Fsp3) is 0.771. The Balaban J connectivity index is 1.62. The molecule has 1 amide bonds. The lowest BCUT2D eigenvalue weighted by molar-refractivity contribution is -0.138. The van der Waals surface area contributed by atoms with Crippen LogP contribution in [0, 0.1) is 0 Å². The van der Waals surface area contributed by atoms with Gasteiger partial charge >= 0.3 is 5.97 Å². The normalized spacial score (nSPS) is 11.2. The van der Waals surface area contributed by atoms with Crippen LogP contribution in [0.1, 0.15) is 19.3 Å². The molecule has 51 heavy (non-hydrogen) atoms. The van der Waals surface area contributed by atoms with Crippen LogP contribution in [0.3, 0.4) is 0 Å². The van der Waals surface area contributed by atoms with Crippen molar-refractivity contribution >= 4 is 11.9 Å². The predicted octanol–water partition coefficient (Wildman–Crippen LogP) is 1.62. The Kier molecular flexibility index (Phi) is 35.4. The highest BCUT2D eigenvalue weighted by Crippen LogP contribution is 2.07. The monoisotopic (exact) mass is 735 g/mol. The third-order valence-electron chi connectivity index (χ3n) is 6.31. The molecule has 0 aliphatic carbocycles. The van der Waals surface area contributed by atoms with E-state index in [2.05, 4.69) is 5.32 Å². The number of para-hydroxylation sites is 1. The summed E-state index contributed by atoms with van der Waals surface area (Å²) in [6.45, 7) is 11.7. The van der Waals surface area contributed by atoms with Crippen molar-refractivity contribution in [2.24, 2.45) is 0 Å². The van der Waals surface area contributed by atoms with Crippen molar-refractivity contribution in [2.75, 3.05) is 159 Å². The van der Waals surface area contributed by atoms with Gasteiger partial charge in [-0.2, -0.15) is 0 Å². The highest BCUT2D eigenvalue weighted by Gasteiger charge is 2.04. The number of hydrogen-bond acceptors (Lipinski definition) is 14. The van der Waals surface area contributed by atoms with Gasteiger partial charge in [0.1, 0.15) is 12.4 Å². The lowest BCUT2D eigenvalue weighted by atomic mass is 10.3. The molecule has 1 rings (SSSR count). The molecule has 0 fully saturated rings. The van der Waals surface area contributed by atoms with Gasteiger partial charge in [0.15, 0.2) is 0 Å². The van der Waals surface area contributed by atoms with Crippen molar-refractivity contribution in [3.05, 3.63) is 30.3 Å². The van der Waals surface area contributed by atoms with E-state index >= 15 is 0 Å². The first-order valence-corrected chi connectivity index (χ1v) is 17.7. The van der Waals surface area contributed by atoms with Gasteiger partial charge in [0.05, 0.1) is 145 Å². The summed E-state index contributed by atoms with van der Waals surface area (Å²) in [5.74, 6) is -0.414. The Labute approximate surface area is 302 Å². The van der Waals surface area contributed by atoms with Gasteiger partial charge in [0.25, 0.3) is 0 Å². The van der Waals surface area contributed by atoms with Crippen LogP contribution in [-0.2, 0) is 61.7 Å². The lowest BCUT2D eigenvalue weighted by Gasteiger charge is -2.09. The number of carbonyl (C=O) groups is 2. The molecule has 0 heterocycles. The van der Waals surface area contributed by atoms with Gasteiger partial charge in [0, 0.05) is 19.6 Å². The molecule has 0 unspecified atom stereocenters. The molecule has 1 aromatic carbocycles. The zero-order valence-corrected chi connectivity index (χ0v) is 30.1. The second-order valence-electron chi connectivity index (χ2n) is 10.5.